The number of primary sulfonamides is 1. The number of sulfonamides is 1. The molecule has 0 saturated heterocycles. The fourth-order valence-electron chi connectivity index (χ4n) is 0.854. The van der Waals surface area contributed by atoms with Crippen LogP contribution in [0.25, 0.3) is 0 Å². The van der Waals surface area contributed by atoms with E-state index in [0.717, 1.165) is 6.07 Å². The first kappa shape index (κ1) is 14.9. The van der Waals surface area contributed by atoms with E-state index in [2.05, 4.69) is 0 Å². The first-order chi connectivity index (χ1) is 6.32. The summed E-state index contributed by atoms with van der Waals surface area (Å²) in [6.07, 6.45) is 0. The van der Waals surface area contributed by atoms with Crippen LogP contribution in [-0.4, -0.2) is 49.1 Å². The Morgan fingerprint density at radius 2 is 1.93 bits per heavy atom. The molecule has 1 rings (SSSR count). The van der Waals surface area contributed by atoms with Gasteiger partial charge in [0.2, 0.25) is 10.0 Å². The average molecular weight is 260 g/mol. The Hall–Kier alpha value is -0.110. The summed E-state index contributed by atoms with van der Waals surface area (Å²) in [5.41, 5.74) is -0.182. The number of nitrogens with two attached hydrogens (primary N) is 1. The van der Waals surface area contributed by atoms with Gasteiger partial charge in [0.1, 0.15) is 4.90 Å². The molecule has 0 atom stereocenters. The van der Waals surface area contributed by atoms with Crippen molar-refractivity contribution in [3.05, 3.63) is 28.8 Å². The molecular formula is C7H7ClNNaO4S. The molecule has 15 heavy (non-hydrogen) atoms. The topological polar surface area (TPSA) is 97.5 Å². The fourth-order valence-corrected chi connectivity index (χ4v) is 1.93. The molecule has 8 heteroatoms. The van der Waals surface area contributed by atoms with Gasteiger partial charge < -0.3 is 5.11 Å². The van der Waals surface area contributed by atoms with Crippen LogP contribution < -0.4 is 5.14 Å². The molecule has 0 amide bonds. The number of carboxylic acid groups (broad SMARTS) is 1. The van der Waals surface area contributed by atoms with Crippen LogP contribution in [0.1, 0.15) is 10.4 Å². The summed E-state index contributed by atoms with van der Waals surface area (Å²) in [6, 6.07) is 3.28. The van der Waals surface area contributed by atoms with Gasteiger partial charge in [-0.1, -0.05) is 11.6 Å². The van der Waals surface area contributed by atoms with Gasteiger partial charge in [0, 0.05) is 0 Å². The predicted molar refractivity (Wildman–Crippen MR) is 56.9 cm³/mol. The van der Waals surface area contributed by atoms with Crippen molar-refractivity contribution >= 4 is 57.2 Å². The summed E-state index contributed by atoms with van der Waals surface area (Å²) in [5.74, 6) is -1.24. The van der Waals surface area contributed by atoms with Gasteiger partial charge in [0.05, 0.1) is 10.6 Å². The molecule has 0 fully saturated rings. The Bertz CT molecular complexity index is 488. The summed E-state index contributed by atoms with van der Waals surface area (Å²) >= 11 is 5.53. The second-order valence-corrected chi connectivity index (χ2v) is 4.43. The Morgan fingerprint density at radius 1 is 1.40 bits per heavy atom. The molecule has 1 aromatic carbocycles. The van der Waals surface area contributed by atoms with E-state index < -0.39 is 16.0 Å². The van der Waals surface area contributed by atoms with Gasteiger partial charge >= 0.3 is 35.5 Å². The van der Waals surface area contributed by atoms with Crippen molar-refractivity contribution < 1.29 is 18.3 Å². The van der Waals surface area contributed by atoms with Crippen LogP contribution in [0, 0.1) is 0 Å². The number of aromatic carboxylic acids is 1. The predicted octanol–water partition coefficient (Wildman–Crippen LogP) is 0.0371. The summed E-state index contributed by atoms with van der Waals surface area (Å²) in [5, 5.41) is 13.3. The van der Waals surface area contributed by atoms with Crippen molar-refractivity contribution in [1.29, 1.82) is 0 Å². The molecule has 0 bridgehead atoms. The summed E-state index contributed by atoms with van der Waals surface area (Å²) in [7, 11) is -3.98. The zero-order chi connectivity index (χ0) is 10.9. The van der Waals surface area contributed by atoms with Crippen LogP contribution >= 0.6 is 11.6 Å². The van der Waals surface area contributed by atoms with E-state index >= 15 is 0 Å². The van der Waals surface area contributed by atoms with E-state index in [1.165, 1.54) is 12.1 Å². The Morgan fingerprint density at radius 3 is 2.33 bits per heavy atom. The monoisotopic (exact) mass is 259 g/mol. The molecule has 0 unspecified atom stereocenters. The molecule has 0 aliphatic carbocycles. The standard InChI is InChI=1S/C7H6ClNO4S.Na.H/c8-5-2-1-4(7(10)11)3-6(5)14(9,12)13;;/h1-3H,(H,10,11)(H2,9,12,13);;. The molecule has 3 N–H and O–H groups in total. The van der Waals surface area contributed by atoms with Crippen molar-refractivity contribution in [2.75, 3.05) is 0 Å². The van der Waals surface area contributed by atoms with Crippen molar-refractivity contribution in [3.8, 4) is 0 Å². The molecular weight excluding hydrogens is 253 g/mol. The summed E-state index contributed by atoms with van der Waals surface area (Å²) < 4.78 is 21.9. The van der Waals surface area contributed by atoms with Gasteiger partial charge in [-0.3, -0.25) is 0 Å². The van der Waals surface area contributed by atoms with Gasteiger partial charge in [0.15, 0.2) is 0 Å². The maximum absolute atomic E-state index is 10.9. The SMILES string of the molecule is NS(=O)(=O)c1cc(C(=O)O)ccc1Cl.[NaH]. The number of hydrogen-bond donors (Lipinski definition) is 2. The van der Waals surface area contributed by atoms with E-state index in [-0.39, 0.29) is 45.0 Å². The first-order valence-corrected chi connectivity index (χ1v) is 5.30. The number of carboxylic acids is 1. The molecule has 0 heterocycles. The van der Waals surface area contributed by atoms with Gasteiger partial charge in [-0.15, -0.1) is 0 Å². The fraction of sp³-hybridized carbons (Fsp3) is 0. The molecule has 78 valence electrons. The van der Waals surface area contributed by atoms with Crippen molar-refractivity contribution in [2.45, 2.75) is 4.90 Å². The third-order valence-corrected chi connectivity index (χ3v) is 2.88. The number of benzene rings is 1. The van der Waals surface area contributed by atoms with Crippen molar-refractivity contribution in [1.82, 2.24) is 0 Å². The Labute approximate surface area is 114 Å². The second-order valence-electron chi connectivity index (χ2n) is 2.50. The van der Waals surface area contributed by atoms with Crippen LogP contribution in [0.4, 0.5) is 0 Å². The minimum atomic E-state index is -3.98. The van der Waals surface area contributed by atoms with E-state index in [1.54, 1.807) is 0 Å². The van der Waals surface area contributed by atoms with Crippen LogP contribution in [0.15, 0.2) is 23.1 Å². The summed E-state index contributed by atoms with van der Waals surface area (Å²) in [4.78, 5) is 10.1. The zero-order valence-corrected chi connectivity index (χ0v) is 8.34. The Kier molecular flexibility index (Phi) is 5.25. The average Bonchev–Trinajstić information content (AvgIpc) is 2.02. The molecule has 0 aliphatic rings. The molecule has 5 nitrogen and oxygen atoms in total. The molecule has 1 aromatic rings. The van der Waals surface area contributed by atoms with Crippen molar-refractivity contribution in [3.63, 3.8) is 0 Å². The van der Waals surface area contributed by atoms with E-state index in [9.17, 15) is 13.2 Å². The zero-order valence-electron chi connectivity index (χ0n) is 6.77. The third-order valence-electron chi connectivity index (χ3n) is 1.48. The van der Waals surface area contributed by atoms with Crippen LogP contribution in [-0.2, 0) is 10.0 Å². The third kappa shape index (κ3) is 3.75. The van der Waals surface area contributed by atoms with E-state index in [0.29, 0.717) is 0 Å². The number of hydrogen-bond acceptors (Lipinski definition) is 3. The van der Waals surface area contributed by atoms with Gasteiger partial charge in [-0.05, 0) is 18.2 Å². The van der Waals surface area contributed by atoms with Crippen molar-refractivity contribution in [2.24, 2.45) is 5.14 Å². The number of carbonyl (C=O) groups is 1. The molecule has 0 radical (unpaired) electrons. The van der Waals surface area contributed by atoms with E-state index in [4.69, 9.17) is 21.8 Å². The van der Waals surface area contributed by atoms with Gasteiger partial charge in [-0.25, -0.2) is 18.4 Å². The quantitative estimate of drug-likeness (QED) is 0.733. The molecule has 0 aliphatic heterocycles. The van der Waals surface area contributed by atoms with Gasteiger partial charge in [-0.2, -0.15) is 0 Å². The number of halogens is 1. The van der Waals surface area contributed by atoms with E-state index in [1.807, 2.05) is 0 Å². The Balaban J connectivity index is 0.00000196. The molecule has 0 aromatic heterocycles. The van der Waals surface area contributed by atoms with Crippen LogP contribution in [0.5, 0.6) is 0 Å². The minimum absolute atomic E-state index is 0. The summed E-state index contributed by atoms with van der Waals surface area (Å²) in [6.45, 7) is 0. The van der Waals surface area contributed by atoms with Gasteiger partial charge in [0.25, 0.3) is 0 Å². The second kappa shape index (κ2) is 5.29. The molecule has 0 spiro atoms. The maximum atomic E-state index is 10.9. The van der Waals surface area contributed by atoms with Crippen LogP contribution in [0.2, 0.25) is 5.02 Å². The first-order valence-electron chi connectivity index (χ1n) is 3.38. The normalized spacial score (nSPS) is 10.5. The molecule has 0 saturated carbocycles. The number of rotatable bonds is 2. The van der Waals surface area contributed by atoms with Crippen LogP contribution in [0.3, 0.4) is 0 Å².